The fourth-order valence-corrected chi connectivity index (χ4v) is 2.33. The molecule has 1 aromatic carbocycles. The number of carbonyl (C=O) groups is 2. The minimum Gasteiger partial charge on any atom is -0.480 e. The van der Waals surface area contributed by atoms with Gasteiger partial charge in [-0.15, -0.1) is 0 Å². The van der Waals surface area contributed by atoms with Crippen LogP contribution in [0.5, 0.6) is 0 Å². The maximum atomic E-state index is 10.8. The van der Waals surface area contributed by atoms with E-state index in [2.05, 4.69) is 5.32 Å². The van der Waals surface area contributed by atoms with Crippen molar-refractivity contribution in [3.8, 4) is 0 Å². The standard InChI is InChI=1S/C12H15NO4S/c14-5-9-1-3-10(4-2-9)6-18-7-11(12(16)17)13-8-15/h1-4,8,11,14H,5-7H2,(H,13,15)(H,16,17). The zero-order chi connectivity index (χ0) is 13.4. The molecule has 1 amide bonds. The number of aliphatic carboxylic acids is 1. The van der Waals surface area contributed by atoms with E-state index >= 15 is 0 Å². The van der Waals surface area contributed by atoms with E-state index in [-0.39, 0.29) is 6.61 Å². The number of thioether (sulfide) groups is 1. The molecule has 3 N–H and O–H groups in total. The highest BCUT2D eigenvalue weighted by molar-refractivity contribution is 7.98. The van der Waals surface area contributed by atoms with Crippen molar-refractivity contribution in [3.05, 3.63) is 35.4 Å². The summed E-state index contributed by atoms with van der Waals surface area (Å²) in [6, 6.07) is 6.58. The lowest BCUT2D eigenvalue weighted by Gasteiger charge is -2.10. The SMILES string of the molecule is O=CNC(CSCc1ccc(CO)cc1)C(=O)O. The van der Waals surface area contributed by atoms with Gasteiger partial charge in [-0.2, -0.15) is 11.8 Å². The molecule has 0 saturated carbocycles. The lowest BCUT2D eigenvalue weighted by atomic mass is 10.2. The number of rotatable bonds is 8. The molecule has 0 aliphatic carbocycles. The number of aliphatic hydroxyl groups excluding tert-OH is 1. The Labute approximate surface area is 109 Å². The Morgan fingerprint density at radius 3 is 2.44 bits per heavy atom. The van der Waals surface area contributed by atoms with Crippen molar-refractivity contribution in [3.63, 3.8) is 0 Å². The molecule has 0 aliphatic rings. The number of amides is 1. The third-order valence-corrected chi connectivity index (χ3v) is 3.43. The van der Waals surface area contributed by atoms with Gasteiger partial charge in [0.05, 0.1) is 6.61 Å². The Hall–Kier alpha value is -1.53. The number of nitrogens with one attached hydrogen (secondary N) is 1. The number of carboxylic acid groups (broad SMARTS) is 1. The van der Waals surface area contributed by atoms with Gasteiger partial charge in [-0.3, -0.25) is 4.79 Å². The fraction of sp³-hybridized carbons (Fsp3) is 0.333. The average molecular weight is 269 g/mol. The number of carboxylic acids is 1. The third kappa shape index (κ3) is 4.77. The van der Waals surface area contributed by atoms with Crippen molar-refractivity contribution in [1.29, 1.82) is 0 Å². The monoisotopic (exact) mass is 269 g/mol. The van der Waals surface area contributed by atoms with Crippen LogP contribution in [-0.2, 0) is 21.9 Å². The van der Waals surface area contributed by atoms with E-state index in [1.54, 1.807) is 0 Å². The summed E-state index contributed by atoms with van der Waals surface area (Å²) in [7, 11) is 0. The van der Waals surface area contributed by atoms with Gasteiger partial charge in [0.15, 0.2) is 0 Å². The summed E-state index contributed by atoms with van der Waals surface area (Å²) >= 11 is 1.43. The topological polar surface area (TPSA) is 86.6 Å². The zero-order valence-electron chi connectivity index (χ0n) is 9.70. The summed E-state index contributed by atoms with van der Waals surface area (Å²) in [6.07, 6.45) is 0.398. The van der Waals surface area contributed by atoms with Gasteiger partial charge in [0, 0.05) is 11.5 Å². The third-order valence-electron chi connectivity index (χ3n) is 2.33. The maximum absolute atomic E-state index is 10.8. The first-order valence-corrected chi connectivity index (χ1v) is 6.51. The van der Waals surface area contributed by atoms with Crippen LogP contribution >= 0.6 is 11.8 Å². The first-order chi connectivity index (χ1) is 8.67. The van der Waals surface area contributed by atoms with Crippen LogP contribution in [0.2, 0.25) is 0 Å². The molecule has 1 unspecified atom stereocenters. The minimum absolute atomic E-state index is 0.0117. The van der Waals surface area contributed by atoms with Crippen molar-refractivity contribution < 1.29 is 19.8 Å². The molecular weight excluding hydrogens is 254 g/mol. The lowest BCUT2D eigenvalue weighted by Crippen LogP contribution is -2.37. The minimum atomic E-state index is -1.04. The van der Waals surface area contributed by atoms with Crippen LogP contribution < -0.4 is 5.32 Å². The smallest absolute Gasteiger partial charge is 0.327 e. The van der Waals surface area contributed by atoms with Crippen LogP contribution in [0.3, 0.4) is 0 Å². The molecule has 0 aliphatic heterocycles. The molecule has 0 saturated heterocycles. The van der Waals surface area contributed by atoms with Gasteiger partial charge in [0.25, 0.3) is 0 Å². The number of hydrogen-bond donors (Lipinski definition) is 3. The molecule has 0 bridgehead atoms. The molecule has 18 heavy (non-hydrogen) atoms. The van der Waals surface area contributed by atoms with E-state index in [4.69, 9.17) is 10.2 Å². The van der Waals surface area contributed by atoms with Gasteiger partial charge in [-0.1, -0.05) is 24.3 Å². The summed E-state index contributed by atoms with van der Waals surface area (Å²) in [5.74, 6) is -0.0588. The second-order valence-corrected chi connectivity index (χ2v) is 4.70. The van der Waals surface area contributed by atoms with Crippen LogP contribution in [0.4, 0.5) is 0 Å². The highest BCUT2D eigenvalue weighted by Gasteiger charge is 2.15. The van der Waals surface area contributed by atoms with Crippen LogP contribution in [0.1, 0.15) is 11.1 Å². The van der Waals surface area contributed by atoms with Gasteiger partial charge in [-0.05, 0) is 11.1 Å². The second kappa shape index (κ2) is 7.73. The molecule has 1 aromatic rings. The molecule has 0 spiro atoms. The van der Waals surface area contributed by atoms with Crippen molar-refractivity contribution in [2.24, 2.45) is 0 Å². The van der Waals surface area contributed by atoms with E-state index < -0.39 is 12.0 Å². The van der Waals surface area contributed by atoms with Crippen LogP contribution in [0, 0.1) is 0 Å². The number of benzene rings is 1. The van der Waals surface area contributed by atoms with Crippen LogP contribution in [-0.4, -0.2) is 34.4 Å². The van der Waals surface area contributed by atoms with Crippen molar-refractivity contribution in [2.45, 2.75) is 18.4 Å². The summed E-state index contributed by atoms with van der Waals surface area (Å²) in [6.45, 7) is 0.0117. The molecule has 6 heteroatoms. The summed E-state index contributed by atoms with van der Waals surface area (Å²) in [5, 5.41) is 19.9. The van der Waals surface area contributed by atoms with Crippen molar-refractivity contribution >= 4 is 24.1 Å². The second-order valence-electron chi connectivity index (χ2n) is 3.67. The van der Waals surface area contributed by atoms with E-state index in [1.165, 1.54) is 11.8 Å². The molecule has 0 heterocycles. The van der Waals surface area contributed by atoms with Gasteiger partial charge < -0.3 is 15.5 Å². The summed E-state index contributed by atoms with van der Waals surface area (Å²) in [5.41, 5.74) is 1.89. The molecular formula is C12H15NO4S. The quantitative estimate of drug-likeness (QED) is 0.602. The van der Waals surface area contributed by atoms with E-state index in [0.29, 0.717) is 17.9 Å². The average Bonchev–Trinajstić information content (AvgIpc) is 2.38. The van der Waals surface area contributed by atoms with E-state index in [1.807, 2.05) is 24.3 Å². The maximum Gasteiger partial charge on any atom is 0.327 e. The Balaban J connectivity index is 2.39. The predicted octanol–water partition coefficient (Wildman–Crippen LogP) is 0.611. The fourth-order valence-electron chi connectivity index (χ4n) is 1.31. The van der Waals surface area contributed by atoms with Gasteiger partial charge in [-0.25, -0.2) is 4.79 Å². The first kappa shape index (κ1) is 14.5. The number of hydrogen-bond acceptors (Lipinski definition) is 4. The van der Waals surface area contributed by atoms with Crippen molar-refractivity contribution in [2.75, 3.05) is 5.75 Å². The lowest BCUT2D eigenvalue weighted by molar-refractivity contribution is -0.139. The van der Waals surface area contributed by atoms with Gasteiger partial charge in [0.2, 0.25) is 6.41 Å². The highest BCUT2D eigenvalue weighted by Crippen LogP contribution is 2.14. The molecule has 1 atom stereocenters. The Morgan fingerprint density at radius 2 is 1.94 bits per heavy atom. The van der Waals surface area contributed by atoms with E-state index in [0.717, 1.165) is 11.1 Å². The van der Waals surface area contributed by atoms with Crippen molar-refractivity contribution in [1.82, 2.24) is 5.32 Å². The van der Waals surface area contributed by atoms with Gasteiger partial charge >= 0.3 is 5.97 Å². The predicted molar refractivity (Wildman–Crippen MR) is 69.2 cm³/mol. The zero-order valence-corrected chi connectivity index (χ0v) is 10.5. The summed E-state index contributed by atoms with van der Waals surface area (Å²) in [4.78, 5) is 21.0. The number of carbonyl (C=O) groups excluding carboxylic acids is 1. The van der Waals surface area contributed by atoms with Crippen LogP contribution in [0.25, 0.3) is 0 Å². The molecule has 5 nitrogen and oxygen atoms in total. The molecule has 0 aromatic heterocycles. The van der Waals surface area contributed by atoms with Gasteiger partial charge in [0.1, 0.15) is 6.04 Å². The summed E-state index contributed by atoms with van der Waals surface area (Å²) < 4.78 is 0. The first-order valence-electron chi connectivity index (χ1n) is 5.36. The molecule has 0 radical (unpaired) electrons. The molecule has 0 fully saturated rings. The normalized spacial score (nSPS) is 11.8. The molecule has 98 valence electrons. The highest BCUT2D eigenvalue weighted by atomic mass is 32.2. The molecule has 1 rings (SSSR count). The Morgan fingerprint density at radius 1 is 1.33 bits per heavy atom. The van der Waals surface area contributed by atoms with E-state index in [9.17, 15) is 9.59 Å². The Kier molecular flexibility index (Phi) is 6.24. The van der Waals surface area contributed by atoms with Crippen LogP contribution in [0.15, 0.2) is 24.3 Å². The largest absolute Gasteiger partial charge is 0.480 e. The Bertz CT molecular complexity index is 394. The number of aliphatic hydroxyl groups is 1.